The van der Waals surface area contributed by atoms with Crippen LogP contribution < -0.4 is 9.64 Å². The summed E-state index contributed by atoms with van der Waals surface area (Å²) in [7, 11) is 3.66. The number of rotatable bonds is 5. The fraction of sp³-hybridized carbons (Fsp3) is 0.368. The summed E-state index contributed by atoms with van der Waals surface area (Å²) in [5, 5.41) is 0. The smallest absolute Gasteiger partial charge is 0.302 e. The van der Waals surface area contributed by atoms with Crippen molar-refractivity contribution >= 4 is 11.6 Å². The minimum atomic E-state index is -0.259. The molecule has 5 heteroatoms. The van der Waals surface area contributed by atoms with E-state index in [2.05, 4.69) is 16.8 Å². The molecular weight excluding hydrogens is 302 g/mol. The Hall–Kier alpha value is -2.74. The second kappa shape index (κ2) is 6.79. The molecule has 1 saturated carbocycles. The van der Waals surface area contributed by atoms with E-state index in [1.54, 1.807) is 20.2 Å². The molecule has 0 radical (unpaired) electrons. The standard InChI is InChI=1S/C19H21N3O2/c1-4-5-18(23)22(3)16-12-15(19-20-10-11-21(19)2)8-9-17(16)24-13-14-6-7-14/h8-12,14H,6-7,13H2,1-3H3. The van der Waals surface area contributed by atoms with Crippen molar-refractivity contribution in [3.63, 3.8) is 0 Å². The van der Waals surface area contributed by atoms with Crippen LogP contribution in [0.3, 0.4) is 0 Å². The molecule has 1 aliphatic carbocycles. The van der Waals surface area contributed by atoms with Gasteiger partial charge in [0.1, 0.15) is 11.6 Å². The predicted molar refractivity (Wildman–Crippen MR) is 93.7 cm³/mol. The molecule has 1 fully saturated rings. The Morgan fingerprint density at radius 2 is 2.25 bits per heavy atom. The Bertz CT molecular complexity index is 810. The summed E-state index contributed by atoms with van der Waals surface area (Å²) in [5.74, 6) is 7.15. The van der Waals surface area contributed by atoms with E-state index in [1.807, 2.05) is 36.0 Å². The van der Waals surface area contributed by atoms with Crippen LogP contribution in [0.2, 0.25) is 0 Å². The number of hydrogen-bond donors (Lipinski definition) is 0. The number of ether oxygens (including phenoxy) is 1. The molecule has 0 atom stereocenters. The summed E-state index contributed by atoms with van der Waals surface area (Å²) in [6.45, 7) is 2.34. The lowest BCUT2D eigenvalue weighted by molar-refractivity contribution is -0.113. The molecule has 1 aromatic carbocycles. The molecule has 5 nitrogen and oxygen atoms in total. The number of nitrogens with zero attached hydrogens (tertiary/aromatic N) is 3. The zero-order valence-electron chi connectivity index (χ0n) is 14.2. The van der Waals surface area contributed by atoms with Crippen LogP contribution in [0.1, 0.15) is 19.8 Å². The quantitative estimate of drug-likeness (QED) is 0.795. The molecular formula is C19H21N3O2. The zero-order chi connectivity index (χ0) is 17.1. The van der Waals surface area contributed by atoms with Crippen molar-refractivity contribution in [3.8, 4) is 29.0 Å². The summed E-state index contributed by atoms with van der Waals surface area (Å²) < 4.78 is 7.89. The SMILES string of the molecule is CC#CC(=O)N(C)c1cc(-c2nccn2C)ccc1OCC1CC1. The van der Waals surface area contributed by atoms with Crippen LogP contribution in [0.4, 0.5) is 5.69 Å². The number of amides is 1. The summed E-state index contributed by atoms with van der Waals surface area (Å²) in [5.41, 5.74) is 1.64. The fourth-order valence-corrected chi connectivity index (χ4v) is 2.48. The van der Waals surface area contributed by atoms with E-state index in [1.165, 1.54) is 17.7 Å². The van der Waals surface area contributed by atoms with Gasteiger partial charge in [0, 0.05) is 32.1 Å². The highest BCUT2D eigenvalue weighted by Gasteiger charge is 2.23. The van der Waals surface area contributed by atoms with Crippen molar-refractivity contribution in [2.75, 3.05) is 18.6 Å². The van der Waals surface area contributed by atoms with Crippen LogP contribution >= 0.6 is 0 Å². The van der Waals surface area contributed by atoms with Gasteiger partial charge in [0.05, 0.1) is 12.3 Å². The maximum absolute atomic E-state index is 12.2. The van der Waals surface area contributed by atoms with Crippen LogP contribution in [0.15, 0.2) is 30.6 Å². The largest absolute Gasteiger partial charge is 0.491 e. The number of aromatic nitrogens is 2. The number of carbonyl (C=O) groups excluding carboxylic acids is 1. The van der Waals surface area contributed by atoms with E-state index >= 15 is 0 Å². The number of benzene rings is 1. The van der Waals surface area contributed by atoms with E-state index in [4.69, 9.17) is 4.74 Å². The average Bonchev–Trinajstić information content (AvgIpc) is 3.32. The molecule has 0 unspecified atom stereocenters. The third-order valence-electron chi connectivity index (χ3n) is 4.11. The van der Waals surface area contributed by atoms with Gasteiger partial charge in [-0.1, -0.05) is 5.92 Å². The minimum absolute atomic E-state index is 0.259. The number of carbonyl (C=O) groups is 1. The van der Waals surface area contributed by atoms with E-state index < -0.39 is 0 Å². The lowest BCUT2D eigenvalue weighted by Gasteiger charge is -2.20. The van der Waals surface area contributed by atoms with Crippen molar-refractivity contribution in [3.05, 3.63) is 30.6 Å². The molecule has 0 bridgehead atoms. The third-order valence-corrected chi connectivity index (χ3v) is 4.11. The Morgan fingerprint density at radius 3 is 2.88 bits per heavy atom. The molecule has 3 rings (SSSR count). The molecule has 2 aromatic rings. The van der Waals surface area contributed by atoms with E-state index in [-0.39, 0.29) is 5.91 Å². The van der Waals surface area contributed by atoms with Crippen LogP contribution in [0.25, 0.3) is 11.4 Å². The predicted octanol–water partition coefficient (Wildman–Crippen LogP) is 2.86. The first kappa shape index (κ1) is 16.1. The number of hydrogen-bond acceptors (Lipinski definition) is 3. The van der Waals surface area contributed by atoms with Gasteiger partial charge in [0.15, 0.2) is 0 Å². The highest BCUT2D eigenvalue weighted by molar-refractivity contribution is 6.06. The molecule has 124 valence electrons. The van der Waals surface area contributed by atoms with Gasteiger partial charge < -0.3 is 14.2 Å². The molecule has 0 spiro atoms. The Morgan fingerprint density at radius 1 is 1.46 bits per heavy atom. The zero-order valence-corrected chi connectivity index (χ0v) is 14.2. The van der Waals surface area contributed by atoms with Crippen LogP contribution in [-0.4, -0.2) is 29.1 Å². The molecule has 24 heavy (non-hydrogen) atoms. The molecule has 1 aliphatic rings. The van der Waals surface area contributed by atoms with Gasteiger partial charge in [-0.3, -0.25) is 4.79 Å². The lowest BCUT2D eigenvalue weighted by Crippen LogP contribution is -2.25. The highest BCUT2D eigenvalue weighted by atomic mass is 16.5. The second-order valence-corrected chi connectivity index (χ2v) is 6.04. The first-order chi connectivity index (χ1) is 11.6. The van der Waals surface area contributed by atoms with Crippen LogP contribution in [0.5, 0.6) is 5.75 Å². The molecule has 1 amide bonds. The summed E-state index contributed by atoms with van der Waals surface area (Å²) in [4.78, 5) is 18.1. The summed E-state index contributed by atoms with van der Waals surface area (Å²) in [6, 6.07) is 5.81. The average molecular weight is 323 g/mol. The topological polar surface area (TPSA) is 47.4 Å². The van der Waals surface area contributed by atoms with Crippen LogP contribution in [0, 0.1) is 17.8 Å². The van der Waals surface area contributed by atoms with Gasteiger partial charge in [-0.05, 0) is 49.8 Å². The fourth-order valence-electron chi connectivity index (χ4n) is 2.48. The number of aryl methyl sites for hydroxylation is 1. The summed E-state index contributed by atoms with van der Waals surface area (Å²) >= 11 is 0. The lowest BCUT2D eigenvalue weighted by atomic mass is 10.1. The van der Waals surface area contributed by atoms with Crippen molar-refractivity contribution in [1.29, 1.82) is 0 Å². The third kappa shape index (κ3) is 3.43. The maximum Gasteiger partial charge on any atom is 0.302 e. The number of imidazole rings is 1. The van der Waals surface area contributed by atoms with Crippen molar-refractivity contribution < 1.29 is 9.53 Å². The highest BCUT2D eigenvalue weighted by Crippen LogP contribution is 2.35. The molecule has 0 saturated heterocycles. The Balaban J connectivity index is 1.96. The van der Waals surface area contributed by atoms with Gasteiger partial charge in [-0.25, -0.2) is 4.98 Å². The Kier molecular flexibility index (Phi) is 4.57. The molecule has 1 aromatic heterocycles. The molecule has 1 heterocycles. The van der Waals surface area contributed by atoms with Gasteiger partial charge >= 0.3 is 5.91 Å². The van der Waals surface area contributed by atoms with Crippen molar-refractivity contribution in [1.82, 2.24) is 9.55 Å². The Labute approximate surface area is 142 Å². The van der Waals surface area contributed by atoms with Gasteiger partial charge in [-0.15, -0.1) is 0 Å². The van der Waals surface area contributed by atoms with Crippen LogP contribution in [-0.2, 0) is 11.8 Å². The van der Waals surface area contributed by atoms with Crippen molar-refractivity contribution in [2.24, 2.45) is 13.0 Å². The first-order valence-electron chi connectivity index (χ1n) is 8.05. The monoisotopic (exact) mass is 323 g/mol. The van der Waals surface area contributed by atoms with Gasteiger partial charge in [0.2, 0.25) is 0 Å². The number of anilines is 1. The normalized spacial score (nSPS) is 13.1. The molecule has 0 N–H and O–H groups in total. The van der Waals surface area contributed by atoms with E-state index in [0.717, 1.165) is 11.4 Å². The van der Waals surface area contributed by atoms with E-state index in [0.29, 0.717) is 24.0 Å². The molecule has 0 aliphatic heterocycles. The second-order valence-electron chi connectivity index (χ2n) is 6.04. The van der Waals surface area contributed by atoms with Crippen molar-refractivity contribution in [2.45, 2.75) is 19.8 Å². The summed E-state index contributed by atoms with van der Waals surface area (Å²) in [6.07, 6.45) is 6.08. The van der Waals surface area contributed by atoms with Gasteiger partial charge in [-0.2, -0.15) is 0 Å². The van der Waals surface area contributed by atoms with Gasteiger partial charge in [0.25, 0.3) is 0 Å². The van der Waals surface area contributed by atoms with E-state index in [9.17, 15) is 4.79 Å². The first-order valence-corrected chi connectivity index (χ1v) is 8.05. The minimum Gasteiger partial charge on any atom is -0.491 e. The maximum atomic E-state index is 12.2.